The molecule has 1 atom stereocenters. The molecule has 0 spiro atoms. The molecule has 0 amide bonds. The van der Waals surface area contributed by atoms with Crippen LogP contribution in [0.15, 0.2) is 21.4 Å². The molecule has 0 aliphatic carbocycles. The average Bonchev–Trinajstić information content (AvgIpc) is 2.91. The van der Waals surface area contributed by atoms with Crippen molar-refractivity contribution in [3.05, 3.63) is 21.8 Å². The van der Waals surface area contributed by atoms with Gasteiger partial charge in [-0.15, -0.1) is 11.3 Å². The molecule has 0 bridgehead atoms. The van der Waals surface area contributed by atoms with Gasteiger partial charge in [-0.1, -0.05) is 11.8 Å². The predicted octanol–water partition coefficient (Wildman–Crippen LogP) is 2.95. The van der Waals surface area contributed by atoms with Crippen LogP contribution in [0.4, 0.5) is 0 Å². The number of rotatable bonds is 7. The van der Waals surface area contributed by atoms with Gasteiger partial charge in [0.2, 0.25) is 0 Å². The molecule has 0 aromatic carbocycles. The van der Waals surface area contributed by atoms with Gasteiger partial charge in [-0.2, -0.15) is 11.8 Å². The summed E-state index contributed by atoms with van der Waals surface area (Å²) < 4.78 is 2.27. The van der Waals surface area contributed by atoms with E-state index in [4.69, 9.17) is 5.11 Å². The fraction of sp³-hybridized carbons (Fsp3) is 0.462. The molecule has 2 aromatic rings. The van der Waals surface area contributed by atoms with Crippen LogP contribution >= 0.6 is 34.9 Å². The smallest absolute Gasteiger partial charge is 0.313 e. The van der Waals surface area contributed by atoms with E-state index in [0.717, 1.165) is 23.9 Å². The van der Waals surface area contributed by atoms with Crippen molar-refractivity contribution in [2.75, 3.05) is 17.8 Å². The monoisotopic (exact) mass is 344 g/mol. The van der Waals surface area contributed by atoms with Crippen LogP contribution in [0.2, 0.25) is 0 Å². The van der Waals surface area contributed by atoms with E-state index >= 15 is 0 Å². The normalized spacial score (nSPS) is 12.7. The minimum absolute atomic E-state index is 0.000227. The minimum atomic E-state index is -0.914. The number of thioether (sulfide) groups is 2. The van der Waals surface area contributed by atoms with Gasteiger partial charge >= 0.3 is 5.97 Å². The Hall–Kier alpha value is -0.990. The second kappa shape index (κ2) is 7.33. The summed E-state index contributed by atoms with van der Waals surface area (Å²) in [5.41, 5.74) is 0.572. The maximum absolute atomic E-state index is 12.6. The molecule has 8 heteroatoms. The van der Waals surface area contributed by atoms with Gasteiger partial charge in [-0.3, -0.25) is 14.2 Å². The van der Waals surface area contributed by atoms with Crippen LogP contribution < -0.4 is 5.56 Å². The molecule has 114 valence electrons. The number of hydrogen-bond donors (Lipinski definition) is 1. The lowest BCUT2D eigenvalue weighted by atomic mass is 10.2. The van der Waals surface area contributed by atoms with Crippen LogP contribution in [0.1, 0.15) is 19.4 Å². The number of hydrogen-bond acceptors (Lipinski definition) is 6. The van der Waals surface area contributed by atoms with Gasteiger partial charge in [-0.05, 0) is 36.8 Å². The van der Waals surface area contributed by atoms with E-state index in [9.17, 15) is 9.59 Å². The van der Waals surface area contributed by atoms with Gasteiger partial charge in [-0.25, -0.2) is 4.98 Å². The summed E-state index contributed by atoms with van der Waals surface area (Å²) in [4.78, 5) is 27.9. The summed E-state index contributed by atoms with van der Waals surface area (Å²) in [5, 5.41) is 11.2. The number of fused-ring (bicyclic) bond motifs is 1. The summed E-state index contributed by atoms with van der Waals surface area (Å²) in [6, 6.07) is 1.79. The third-order valence-corrected chi connectivity index (χ3v) is 5.46. The van der Waals surface area contributed by atoms with Crippen molar-refractivity contribution in [3.8, 4) is 0 Å². The number of aromatic nitrogens is 2. The van der Waals surface area contributed by atoms with Crippen LogP contribution in [-0.2, 0) is 4.79 Å². The van der Waals surface area contributed by atoms with Crippen molar-refractivity contribution in [2.24, 2.45) is 0 Å². The summed E-state index contributed by atoms with van der Waals surface area (Å²) in [7, 11) is 0. The first-order valence-corrected chi connectivity index (χ1v) is 9.63. The highest BCUT2D eigenvalue weighted by Gasteiger charge is 2.17. The number of carbonyl (C=O) groups is 1. The summed E-state index contributed by atoms with van der Waals surface area (Å²) in [6.07, 6.45) is 2.87. The Labute approximate surface area is 134 Å². The van der Waals surface area contributed by atoms with Crippen LogP contribution in [0.25, 0.3) is 10.2 Å². The minimum Gasteiger partial charge on any atom is -0.481 e. The first-order valence-electron chi connectivity index (χ1n) is 6.38. The van der Waals surface area contributed by atoms with Crippen molar-refractivity contribution in [1.29, 1.82) is 0 Å². The van der Waals surface area contributed by atoms with E-state index in [1.165, 1.54) is 11.3 Å². The zero-order chi connectivity index (χ0) is 15.4. The zero-order valence-corrected chi connectivity index (χ0v) is 14.2. The van der Waals surface area contributed by atoms with Gasteiger partial charge in [0, 0.05) is 6.04 Å². The van der Waals surface area contributed by atoms with Crippen molar-refractivity contribution >= 4 is 51.0 Å². The van der Waals surface area contributed by atoms with E-state index in [0.29, 0.717) is 15.4 Å². The fourth-order valence-corrected chi connectivity index (χ4v) is 4.10. The average molecular weight is 344 g/mol. The van der Waals surface area contributed by atoms with Gasteiger partial charge in [0.05, 0.1) is 11.3 Å². The molecule has 0 fully saturated rings. The van der Waals surface area contributed by atoms with Crippen molar-refractivity contribution < 1.29 is 9.90 Å². The maximum atomic E-state index is 12.6. The summed E-state index contributed by atoms with van der Waals surface area (Å²) in [6.45, 7) is 1.98. The van der Waals surface area contributed by atoms with Crippen LogP contribution in [0, 0.1) is 0 Å². The second-order valence-electron chi connectivity index (χ2n) is 4.52. The number of carboxylic acids is 1. The molecular formula is C13H16N2O3S3. The van der Waals surface area contributed by atoms with Gasteiger partial charge < -0.3 is 5.11 Å². The molecule has 2 heterocycles. The van der Waals surface area contributed by atoms with Gasteiger partial charge in [0.25, 0.3) is 5.56 Å². The molecule has 0 aliphatic rings. The molecule has 0 saturated heterocycles. The Kier molecular flexibility index (Phi) is 5.72. The summed E-state index contributed by atoms with van der Waals surface area (Å²) >= 11 is 4.20. The van der Waals surface area contributed by atoms with Crippen LogP contribution in [-0.4, -0.2) is 38.4 Å². The molecule has 0 saturated carbocycles. The molecule has 1 N–H and O–H groups in total. The van der Waals surface area contributed by atoms with Gasteiger partial charge in [0.15, 0.2) is 5.16 Å². The summed E-state index contributed by atoms with van der Waals surface area (Å²) in [5.74, 6) is -0.0702. The Bertz CT molecular complexity index is 696. The highest BCUT2D eigenvalue weighted by atomic mass is 32.2. The van der Waals surface area contributed by atoms with E-state index < -0.39 is 5.97 Å². The van der Waals surface area contributed by atoms with Crippen molar-refractivity contribution in [1.82, 2.24) is 9.55 Å². The van der Waals surface area contributed by atoms with Crippen LogP contribution in [0.3, 0.4) is 0 Å². The van der Waals surface area contributed by atoms with E-state index in [1.54, 1.807) is 22.4 Å². The Balaban J connectivity index is 2.46. The fourth-order valence-electron chi connectivity index (χ4n) is 1.94. The Morgan fingerprint density at radius 2 is 2.33 bits per heavy atom. The lowest BCUT2D eigenvalue weighted by molar-refractivity contribution is -0.133. The van der Waals surface area contributed by atoms with E-state index in [1.807, 2.05) is 18.6 Å². The molecule has 1 unspecified atom stereocenters. The number of nitrogens with zero attached hydrogens (tertiary/aromatic N) is 2. The third-order valence-electron chi connectivity index (χ3n) is 2.98. The highest BCUT2D eigenvalue weighted by molar-refractivity contribution is 7.99. The lowest BCUT2D eigenvalue weighted by Crippen LogP contribution is -2.26. The van der Waals surface area contributed by atoms with Crippen molar-refractivity contribution in [2.45, 2.75) is 24.5 Å². The molecule has 2 aromatic heterocycles. The lowest BCUT2D eigenvalue weighted by Gasteiger charge is -2.18. The largest absolute Gasteiger partial charge is 0.481 e. The van der Waals surface area contributed by atoms with E-state index in [2.05, 4.69) is 4.98 Å². The number of carboxylic acid groups (broad SMARTS) is 1. The molecule has 0 radical (unpaired) electrons. The second-order valence-corrected chi connectivity index (χ2v) is 7.36. The Morgan fingerprint density at radius 1 is 1.57 bits per heavy atom. The van der Waals surface area contributed by atoms with Crippen LogP contribution in [0.5, 0.6) is 0 Å². The number of thiophene rings is 1. The molecule has 21 heavy (non-hydrogen) atoms. The van der Waals surface area contributed by atoms with Gasteiger partial charge in [0.1, 0.15) is 4.70 Å². The highest BCUT2D eigenvalue weighted by Crippen LogP contribution is 2.24. The molecule has 5 nitrogen and oxygen atoms in total. The SMILES string of the molecule is CSCCC(C)n1c(SCC(=O)O)nc2ccsc2c1=O. The predicted molar refractivity (Wildman–Crippen MR) is 89.9 cm³/mol. The topological polar surface area (TPSA) is 72.2 Å². The zero-order valence-electron chi connectivity index (χ0n) is 11.7. The molecule has 0 aliphatic heterocycles. The quantitative estimate of drug-likeness (QED) is 0.615. The first kappa shape index (κ1) is 16.4. The molecule has 2 rings (SSSR count). The first-order chi connectivity index (χ1) is 10.0. The number of aliphatic carboxylic acids is 1. The third kappa shape index (κ3) is 3.81. The standard InChI is InChI=1S/C13H16N2O3S3/c1-8(3-5-19-2)15-12(18)11-9(4-6-20-11)14-13(15)21-7-10(16)17/h4,6,8H,3,5,7H2,1-2H3,(H,16,17). The van der Waals surface area contributed by atoms with Crippen molar-refractivity contribution in [3.63, 3.8) is 0 Å². The molecular weight excluding hydrogens is 328 g/mol. The Morgan fingerprint density at radius 3 is 3.00 bits per heavy atom. The van der Waals surface area contributed by atoms with E-state index in [-0.39, 0.29) is 17.4 Å². The maximum Gasteiger partial charge on any atom is 0.313 e.